The Hall–Kier alpha value is -2.74. The zero-order valence-electron chi connectivity index (χ0n) is 19.9. The van der Waals surface area contributed by atoms with Gasteiger partial charge in [-0.3, -0.25) is 14.7 Å². The molecule has 1 aliphatic carbocycles. The molecule has 1 spiro atoms. The minimum atomic E-state index is -0.0641. The SMILES string of the molecule is COc1cc(C(=O)N2CCC3(CC2)CC(=O)c2nc(C(C)(C)C)sc2C3)cc2c(C)[nH]nc12. The van der Waals surface area contributed by atoms with E-state index in [0.717, 1.165) is 45.7 Å². The number of fused-ring (bicyclic) bond motifs is 2. The molecule has 3 heterocycles. The summed E-state index contributed by atoms with van der Waals surface area (Å²) < 4.78 is 5.48. The number of ether oxygens (including phenoxy) is 1. The molecule has 8 heteroatoms. The number of piperidine rings is 1. The number of likely N-dealkylation sites (tertiary alicyclic amines) is 1. The maximum Gasteiger partial charge on any atom is 0.254 e. The van der Waals surface area contributed by atoms with Crippen LogP contribution >= 0.6 is 11.3 Å². The molecule has 7 nitrogen and oxygen atoms in total. The summed E-state index contributed by atoms with van der Waals surface area (Å²) in [5.41, 5.74) is 2.82. The number of hydrogen-bond donors (Lipinski definition) is 1. The molecule has 0 bridgehead atoms. The maximum atomic E-state index is 13.4. The molecule has 1 fully saturated rings. The van der Waals surface area contributed by atoms with Crippen LogP contribution in [0.3, 0.4) is 0 Å². The highest BCUT2D eigenvalue weighted by atomic mass is 32.1. The van der Waals surface area contributed by atoms with Crippen LogP contribution < -0.4 is 4.74 Å². The molecule has 5 rings (SSSR count). The second-order valence-corrected chi connectivity index (χ2v) is 11.6. The number of benzene rings is 1. The molecule has 2 aromatic heterocycles. The van der Waals surface area contributed by atoms with Crippen molar-refractivity contribution >= 4 is 33.9 Å². The van der Waals surface area contributed by atoms with E-state index in [4.69, 9.17) is 9.72 Å². The highest BCUT2D eigenvalue weighted by Crippen LogP contribution is 2.46. The van der Waals surface area contributed by atoms with Gasteiger partial charge in [0.1, 0.15) is 17.0 Å². The molecule has 3 aromatic rings. The Morgan fingerprint density at radius 2 is 1.94 bits per heavy atom. The largest absolute Gasteiger partial charge is 0.494 e. The first-order valence-electron chi connectivity index (χ1n) is 11.5. The first-order chi connectivity index (χ1) is 15.6. The number of rotatable bonds is 2. The molecule has 0 unspecified atom stereocenters. The summed E-state index contributed by atoms with van der Waals surface area (Å²) in [5.74, 6) is 0.758. The summed E-state index contributed by atoms with van der Waals surface area (Å²) in [6.45, 7) is 9.65. The van der Waals surface area contributed by atoms with Crippen LogP contribution in [0.1, 0.15) is 76.5 Å². The molecule has 1 amide bonds. The van der Waals surface area contributed by atoms with E-state index in [1.807, 2.05) is 17.9 Å². The maximum absolute atomic E-state index is 13.4. The van der Waals surface area contributed by atoms with Gasteiger partial charge >= 0.3 is 0 Å². The van der Waals surface area contributed by atoms with Gasteiger partial charge in [-0.25, -0.2) is 4.98 Å². The number of aromatic amines is 1. The fraction of sp³-hybridized carbons (Fsp3) is 0.520. The molecule has 1 saturated heterocycles. The number of nitrogens with one attached hydrogen (secondary N) is 1. The standard InChI is InChI=1S/C25H30N4O3S/c1-14-16-10-15(11-18(32-5)20(16)28-27-14)22(31)29-8-6-25(7-9-29)12-17(30)21-19(13-25)33-23(26-21)24(2,3)4/h10-11H,6-9,12-13H2,1-5H3,(H,27,28). The van der Waals surface area contributed by atoms with Crippen molar-refractivity contribution in [2.45, 2.75) is 58.8 Å². The first-order valence-corrected chi connectivity index (χ1v) is 12.3. The van der Waals surface area contributed by atoms with Crippen LogP contribution in [0, 0.1) is 12.3 Å². The van der Waals surface area contributed by atoms with E-state index in [2.05, 4.69) is 31.0 Å². The molecule has 174 valence electrons. The second-order valence-electron chi connectivity index (χ2n) is 10.5. The summed E-state index contributed by atoms with van der Waals surface area (Å²) in [6, 6.07) is 3.67. The number of Topliss-reactive ketones (excluding diaryl/α,β-unsaturated/α-hetero) is 1. The molecule has 33 heavy (non-hydrogen) atoms. The van der Waals surface area contributed by atoms with Gasteiger partial charge in [0, 0.05) is 46.4 Å². The quantitative estimate of drug-likeness (QED) is 0.592. The van der Waals surface area contributed by atoms with E-state index in [1.165, 1.54) is 0 Å². The third kappa shape index (κ3) is 3.74. The van der Waals surface area contributed by atoms with Crippen molar-refractivity contribution < 1.29 is 14.3 Å². The lowest BCUT2D eigenvalue weighted by atomic mass is 9.68. The molecule has 2 aliphatic rings. The minimum absolute atomic E-state index is 0.00119. The molecular weight excluding hydrogens is 436 g/mol. The number of methoxy groups -OCH3 is 1. The Balaban J connectivity index is 1.35. The number of amides is 1. The van der Waals surface area contributed by atoms with Crippen molar-refractivity contribution in [3.63, 3.8) is 0 Å². The Kier molecular flexibility index (Phi) is 5.12. The average Bonchev–Trinajstić information content (AvgIpc) is 3.37. The molecule has 0 saturated carbocycles. The fourth-order valence-corrected chi connectivity index (χ4v) is 6.36. The van der Waals surface area contributed by atoms with E-state index < -0.39 is 0 Å². The normalized spacial score (nSPS) is 18.1. The van der Waals surface area contributed by atoms with Crippen LogP contribution in [0.15, 0.2) is 12.1 Å². The van der Waals surface area contributed by atoms with Gasteiger partial charge in [0.15, 0.2) is 5.78 Å². The smallest absolute Gasteiger partial charge is 0.254 e. The lowest BCUT2D eigenvalue weighted by Crippen LogP contribution is -2.46. The number of nitrogens with zero attached hydrogens (tertiary/aromatic N) is 3. The third-order valence-electron chi connectivity index (χ3n) is 7.07. The summed E-state index contributed by atoms with van der Waals surface area (Å²) in [5, 5.41) is 9.19. The van der Waals surface area contributed by atoms with Gasteiger partial charge in [-0.05, 0) is 43.7 Å². The lowest BCUT2D eigenvalue weighted by molar-refractivity contribution is 0.0522. The van der Waals surface area contributed by atoms with Gasteiger partial charge < -0.3 is 9.64 Å². The summed E-state index contributed by atoms with van der Waals surface area (Å²) in [7, 11) is 1.59. The highest BCUT2D eigenvalue weighted by molar-refractivity contribution is 7.12. The summed E-state index contributed by atoms with van der Waals surface area (Å²) in [6.07, 6.45) is 3.08. The van der Waals surface area contributed by atoms with Crippen molar-refractivity contribution in [1.29, 1.82) is 0 Å². The zero-order chi connectivity index (χ0) is 23.5. The fourth-order valence-electron chi connectivity index (χ4n) is 5.05. The van der Waals surface area contributed by atoms with Gasteiger partial charge in [0.2, 0.25) is 0 Å². The number of ketones is 1. The van der Waals surface area contributed by atoms with E-state index in [-0.39, 0.29) is 22.5 Å². The average molecular weight is 467 g/mol. The topological polar surface area (TPSA) is 88.2 Å². The van der Waals surface area contributed by atoms with Crippen LogP contribution in [0.25, 0.3) is 10.9 Å². The van der Waals surface area contributed by atoms with Gasteiger partial charge in [0.05, 0.1) is 12.1 Å². The third-order valence-corrected chi connectivity index (χ3v) is 8.55. The Bertz CT molecular complexity index is 1260. The molecule has 0 radical (unpaired) electrons. The molecule has 1 N–H and O–H groups in total. The molecule has 1 aromatic carbocycles. The van der Waals surface area contributed by atoms with E-state index in [1.54, 1.807) is 24.5 Å². The first kappa shape index (κ1) is 22.1. The number of thiazole rings is 1. The Morgan fingerprint density at radius 1 is 1.21 bits per heavy atom. The van der Waals surface area contributed by atoms with E-state index in [9.17, 15) is 9.59 Å². The van der Waals surface area contributed by atoms with Crippen molar-refractivity contribution in [2.24, 2.45) is 5.41 Å². The van der Waals surface area contributed by atoms with Gasteiger partial charge in [-0.2, -0.15) is 5.10 Å². The predicted molar refractivity (Wildman–Crippen MR) is 128 cm³/mol. The molecular formula is C25H30N4O3S. The van der Waals surface area contributed by atoms with E-state index in [0.29, 0.717) is 36.5 Å². The van der Waals surface area contributed by atoms with Crippen LogP contribution in [0.2, 0.25) is 0 Å². The summed E-state index contributed by atoms with van der Waals surface area (Å²) in [4.78, 5) is 34.1. The Labute approximate surface area is 197 Å². The number of carbonyl (C=O) groups is 2. The van der Waals surface area contributed by atoms with Crippen molar-refractivity contribution in [3.05, 3.63) is 39.0 Å². The van der Waals surface area contributed by atoms with Gasteiger partial charge in [-0.15, -0.1) is 11.3 Å². The van der Waals surface area contributed by atoms with Crippen molar-refractivity contribution in [2.75, 3.05) is 20.2 Å². The van der Waals surface area contributed by atoms with Gasteiger partial charge in [-0.1, -0.05) is 20.8 Å². The lowest BCUT2D eigenvalue weighted by Gasteiger charge is -2.43. The molecule has 1 aliphatic heterocycles. The van der Waals surface area contributed by atoms with Crippen LogP contribution in [-0.4, -0.2) is 52.0 Å². The minimum Gasteiger partial charge on any atom is -0.494 e. The van der Waals surface area contributed by atoms with Crippen LogP contribution in [0.4, 0.5) is 0 Å². The zero-order valence-corrected chi connectivity index (χ0v) is 20.7. The number of aryl methyl sites for hydroxylation is 1. The Morgan fingerprint density at radius 3 is 2.61 bits per heavy atom. The van der Waals surface area contributed by atoms with Crippen LogP contribution in [0.5, 0.6) is 5.75 Å². The number of aromatic nitrogens is 3. The highest BCUT2D eigenvalue weighted by Gasteiger charge is 2.44. The van der Waals surface area contributed by atoms with E-state index >= 15 is 0 Å². The number of hydrogen-bond acceptors (Lipinski definition) is 6. The number of carbonyl (C=O) groups excluding carboxylic acids is 2. The van der Waals surface area contributed by atoms with Crippen molar-refractivity contribution in [1.82, 2.24) is 20.1 Å². The monoisotopic (exact) mass is 466 g/mol. The summed E-state index contributed by atoms with van der Waals surface area (Å²) >= 11 is 1.69. The van der Waals surface area contributed by atoms with Gasteiger partial charge in [0.25, 0.3) is 5.91 Å². The molecule has 0 atom stereocenters. The van der Waals surface area contributed by atoms with Crippen molar-refractivity contribution in [3.8, 4) is 5.75 Å². The number of H-pyrrole nitrogens is 1. The predicted octanol–water partition coefficient (Wildman–Crippen LogP) is 4.69. The second kappa shape index (κ2) is 7.65. The van der Waals surface area contributed by atoms with Crippen LogP contribution in [-0.2, 0) is 11.8 Å².